The number of ether oxygens (including phenoxy) is 2. The first kappa shape index (κ1) is 20.2. The Labute approximate surface area is 166 Å². The zero-order chi connectivity index (χ0) is 20.1. The highest BCUT2D eigenvalue weighted by Crippen LogP contribution is 2.31. The SMILES string of the molecule is CCOC(=O)C1=C(CN2CCCC[C@H]2C)NC(=O)N[C@@H]1c1cccc(OC)c1. The number of piperidine rings is 1. The first-order valence-electron chi connectivity index (χ1n) is 9.89. The molecule has 0 saturated carbocycles. The summed E-state index contributed by atoms with van der Waals surface area (Å²) in [4.78, 5) is 27.6. The van der Waals surface area contributed by atoms with Gasteiger partial charge in [-0.1, -0.05) is 18.6 Å². The summed E-state index contributed by atoms with van der Waals surface area (Å²) in [5.74, 6) is 0.252. The molecular weight excluding hydrogens is 358 g/mol. The molecule has 0 unspecified atom stereocenters. The van der Waals surface area contributed by atoms with E-state index in [1.54, 1.807) is 14.0 Å². The van der Waals surface area contributed by atoms with E-state index >= 15 is 0 Å². The summed E-state index contributed by atoms with van der Waals surface area (Å²) in [5, 5.41) is 5.73. The molecule has 1 aromatic carbocycles. The molecule has 2 heterocycles. The summed E-state index contributed by atoms with van der Waals surface area (Å²) in [7, 11) is 1.59. The summed E-state index contributed by atoms with van der Waals surface area (Å²) >= 11 is 0. The van der Waals surface area contributed by atoms with Crippen LogP contribution in [0.15, 0.2) is 35.5 Å². The van der Waals surface area contributed by atoms with Crippen LogP contribution in [0.3, 0.4) is 0 Å². The molecule has 28 heavy (non-hydrogen) atoms. The van der Waals surface area contributed by atoms with Gasteiger partial charge in [-0.15, -0.1) is 0 Å². The standard InChI is InChI=1S/C21H29N3O4/c1-4-28-20(25)18-17(13-24-11-6-5-8-14(24)2)22-21(26)23-19(18)15-9-7-10-16(12-15)27-3/h7,9-10,12,14,19H,4-6,8,11,13H2,1-3H3,(H2,22,23,26)/t14-,19-/m1/s1. The molecule has 152 valence electrons. The van der Waals surface area contributed by atoms with Gasteiger partial charge in [-0.25, -0.2) is 9.59 Å². The summed E-state index contributed by atoms with van der Waals surface area (Å²) in [6.07, 6.45) is 3.45. The van der Waals surface area contributed by atoms with Crippen molar-refractivity contribution in [3.8, 4) is 5.75 Å². The Kier molecular flexibility index (Phi) is 6.57. The fourth-order valence-electron chi connectivity index (χ4n) is 3.86. The highest BCUT2D eigenvalue weighted by atomic mass is 16.5. The third-order valence-electron chi connectivity index (χ3n) is 5.38. The predicted octanol–water partition coefficient (Wildman–Crippen LogP) is 2.74. The van der Waals surface area contributed by atoms with Crippen LogP contribution < -0.4 is 15.4 Å². The second-order valence-corrected chi connectivity index (χ2v) is 7.24. The first-order valence-corrected chi connectivity index (χ1v) is 9.89. The Morgan fingerprint density at radius 2 is 2.14 bits per heavy atom. The van der Waals surface area contributed by atoms with Crippen LogP contribution in [0.5, 0.6) is 5.75 Å². The van der Waals surface area contributed by atoms with Gasteiger partial charge < -0.3 is 20.1 Å². The third kappa shape index (κ3) is 4.47. The maximum Gasteiger partial charge on any atom is 0.338 e. The van der Waals surface area contributed by atoms with Gasteiger partial charge in [0, 0.05) is 18.3 Å². The zero-order valence-corrected chi connectivity index (χ0v) is 16.8. The van der Waals surface area contributed by atoms with Crippen LogP contribution in [0, 0.1) is 0 Å². The molecule has 1 saturated heterocycles. The number of nitrogens with one attached hydrogen (secondary N) is 2. The number of hydrogen-bond acceptors (Lipinski definition) is 5. The molecule has 1 aromatic rings. The number of urea groups is 1. The molecule has 0 radical (unpaired) electrons. The molecule has 2 aliphatic rings. The first-order chi connectivity index (χ1) is 13.5. The lowest BCUT2D eigenvalue weighted by Gasteiger charge is -2.36. The Morgan fingerprint density at radius 3 is 2.86 bits per heavy atom. The van der Waals surface area contributed by atoms with Crippen molar-refractivity contribution >= 4 is 12.0 Å². The second kappa shape index (κ2) is 9.10. The number of amides is 2. The zero-order valence-electron chi connectivity index (χ0n) is 16.8. The molecule has 7 nitrogen and oxygen atoms in total. The van der Waals surface area contributed by atoms with E-state index in [1.807, 2.05) is 24.3 Å². The minimum atomic E-state index is -0.585. The van der Waals surface area contributed by atoms with Crippen molar-refractivity contribution in [2.24, 2.45) is 0 Å². The van der Waals surface area contributed by atoms with Crippen LogP contribution in [0.4, 0.5) is 4.79 Å². The van der Waals surface area contributed by atoms with E-state index in [0.717, 1.165) is 24.9 Å². The van der Waals surface area contributed by atoms with Gasteiger partial charge in [0.2, 0.25) is 0 Å². The number of benzene rings is 1. The number of rotatable bonds is 6. The van der Waals surface area contributed by atoms with Crippen molar-refractivity contribution in [3.63, 3.8) is 0 Å². The molecule has 0 aromatic heterocycles. The van der Waals surface area contributed by atoms with E-state index < -0.39 is 12.0 Å². The van der Waals surface area contributed by atoms with E-state index in [4.69, 9.17) is 9.47 Å². The molecule has 2 atom stereocenters. The van der Waals surface area contributed by atoms with Crippen LogP contribution in [0.2, 0.25) is 0 Å². The monoisotopic (exact) mass is 387 g/mol. The fourth-order valence-corrected chi connectivity index (χ4v) is 3.86. The number of carbonyl (C=O) groups is 2. The number of nitrogens with zero attached hydrogens (tertiary/aromatic N) is 1. The summed E-state index contributed by atoms with van der Waals surface area (Å²) in [6.45, 7) is 5.71. The molecule has 3 rings (SSSR count). The van der Waals surface area contributed by atoms with Crippen molar-refractivity contribution in [2.75, 3.05) is 26.8 Å². The number of carbonyl (C=O) groups excluding carboxylic acids is 2. The lowest BCUT2D eigenvalue weighted by atomic mass is 9.94. The molecule has 2 aliphatic heterocycles. The van der Waals surface area contributed by atoms with Crippen molar-refractivity contribution < 1.29 is 19.1 Å². The van der Waals surface area contributed by atoms with E-state index in [1.165, 1.54) is 6.42 Å². The van der Waals surface area contributed by atoms with Gasteiger partial charge in [0.05, 0.1) is 25.3 Å². The van der Waals surface area contributed by atoms with Crippen molar-refractivity contribution in [3.05, 3.63) is 41.1 Å². The summed E-state index contributed by atoms with van der Waals surface area (Å²) < 4.78 is 10.6. The molecule has 7 heteroatoms. The van der Waals surface area contributed by atoms with Crippen LogP contribution in [-0.4, -0.2) is 49.7 Å². The largest absolute Gasteiger partial charge is 0.497 e. The van der Waals surface area contributed by atoms with E-state index in [2.05, 4.69) is 22.5 Å². The fraction of sp³-hybridized carbons (Fsp3) is 0.524. The Balaban J connectivity index is 2.00. The van der Waals surface area contributed by atoms with Gasteiger partial charge in [-0.05, 0) is 50.9 Å². The normalized spacial score (nSPS) is 23.0. The molecule has 2 N–H and O–H groups in total. The lowest BCUT2D eigenvalue weighted by molar-refractivity contribution is -0.139. The highest BCUT2D eigenvalue weighted by Gasteiger charge is 2.35. The van der Waals surface area contributed by atoms with Gasteiger partial charge in [0.1, 0.15) is 5.75 Å². The Bertz CT molecular complexity index is 762. The number of esters is 1. The van der Waals surface area contributed by atoms with Crippen LogP contribution >= 0.6 is 0 Å². The Morgan fingerprint density at radius 1 is 1.32 bits per heavy atom. The highest BCUT2D eigenvalue weighted by molar-refractivity contribution is 5.95. The molecule has 0 bridgehead atoms. The Hall–Kier alpha value is -2.54. The van der Waals surface area contributed by atoms with E-state index in [9.17, 15) is 9.59 Å². The number of hydrogen-bond donors (Lipinski definition) is 2. The van der Waals surface area contributed by atoms with E-state index in [0.29, 0.717) is 29.6 Å². The van der Waals surface area contributed by atoms with Crippen LogP contribution in [0.1, 0.15) is 44.7 Å². The minimum absolute atomic E-state index is 0.272. The molecule has 0 spiro atoms. The number of likely N-dealkylation sites (tertiary alicyclic amines) is 1. The maximum absolute atomic E-state index is 12.9. The summed E-state index contributed by atoms with van der Waals surface area (Å²) in [6, 6.07) is 6.88. The van der Waals surface area contributed by atoms with Gasteiger partial charge in [-0.3, -0.25) is 4.90 Å². The quantitative estimate of drug-likeness (QED) is 0.734. The minimum Gasteiger partial charge on any atom is -0.497 e. The molecular formula is C21H29N3O4. The van der Waals surface area contributed by atoms with E-state index in [-0.39, 0.29) is 12.6 Å². The average Bonchev–Trinajstić information content (AvgIpc) is 2.69. The number of methoxy groups -OCH3 is 1. The van der Waals surface area contributed by atoms with Crippen molar-refractivity contribution in [1.29, 1.82) is 0 Å². The van der Waals surface area contributed by atoms with Crippen molar-refractivity contribution in [2.45, 2.75) is 45.2 Å². The van der Waals surface area contributed by atoms with Crippen LogP contribution in [-0.2, 0) is 9.53 Å². The average molecular weight is 387 g/mol. The maximum atomic E-state index is 12.9. The third-order valence-corrected chi connectivity index (χ3v) is 5.38. The smallest absolute Gasteiger partial charge is 0.338 e. The van der Waals surface area contributed by atoms with Gasteiger partial charge in [0.25, 0.3) is 0 Å². The van der Waals surface area contributed by atoms with Crippen LogP contribution in [0.25, 0.3) is 0 Å². The lowest BCUT2D eigenvalue weighted by Crippen LogP contribution is -2.50. The summed E-state index contributed by atoms with van der Waals surface area (Å²) in [5.41, 5.74) is 1.85. The molecule has 0 aliphatic carbocycles. The van der Waals surface area contributed by atoms with Gasteiger partial charge >= 0.3 is 12.0 Å². The molecule has 2 amide bonds. The van der Waals surface area contributed by atoms with Gasteiger partial charge in [-0.2, -0.15) is 0 Å². The molecule has 1 fully saturated rings. The van der Waals surface area contributed by atoms with Crippen molar-refractivity contribution in [1.82, 2.24) is 15.5 Å². The second-order valence-electron chi connectivity index (χ2n) is 7.24. The topological polar surface area (TPSA) is 79.9 Å². The predicted molar refractivity (Wildman–Crippen MR) is 106 cm³/mol. The van der Waals surface area contributed by atoms with Gasteiger partial charge in [0.15, 0.2) is 0 Å².